The molecule has 1 atom stereocenters. The van der Waals surface area contributed by atoms with E-state index in [1.54, 1.807) is 0 Å². The van der Waals surface area contributed by atoms with Crippen molar-refractivity contribution in [2.24, 2.45) is 5.73 Å². The molecule has 0 spiro atoms. The second-order valence-electron chi connectivity index (χ2n) is 9.70. The molecule has 5 heteroatoms. The molecule has 1 fully saturated rings. The predicted octanol–water partition coefficient (Wildman–Crippen LogP) is 6.17. The van der Waals surface area contributed by atoms with E-state index in [-0.39, 0.29) is 6.04 Å². The Morgan fingerprint density at radius 3 is 2.70 bits per heavy atom. The third-order valence-electron chi connectivity index (χ3n) is 7.44. The molecule has 1 saturated carbocycles. The van der Waals surface area contributed by atoms with Gasteiger partial charge in [0.1, 0.15) is 0 Å². The van der Waals surface area contributed by atoms with Gasteiger partial charge in [-0.25, -0.2) is 0 Å². The average molecular weight is 463 g/mol. The van der Waals surface area contributed by atoms with E-state index in [0.29, 0.717) is 0 Å². The molecule has 2 aliphatic heterocycles. The van der Waals surface area contributed by atoms with Crippen molar-refractivity contribution in [3.8, 4) is 0 Å². The van der Waals surface area contributed by atoms with E-state index < -0.39 is 0 Å². The smallest absolute Gasteiger partial charge is 0.0605 e. The molecule has 0 aromatic heterocycles. The van der Waals surface area contributed by atoms with E-state index in [1.165, 1.54) is 54.5 Å². The summed E-state index contributed by atoms with van der Waals surface area (Å²) in [6.07, 6.45) is 10.1. The molecule has 3 aliphatic rings. The van der Waals surface area contributed by atoms with Crippen molar-refractivity contribution in [3.63, 3.8) is 0 Å². The molecule has 1 aliphatic carbocycles. The second kappa shape index (κ2) is 9.82. The third-order valence-corrected chi connectivity index (χ3v) is 7.68. The van der Waals surface area contributed by atoms with E-state index in [4.69, 9.17) is 17.3 Å². The van der Waals surface area contributed by atoms with Crippen LogP contribution < -0.4 is 16.4 Å². The summed E-state index contributed by atoms with van der Waals surface area (Å²) in [6, 6.07) is 15.9. The van der Waals surface area contributed by atoms with Gasteiger partial charge >= 0.3 is 0 Å². The summed E-state index contributed by atoms with van der Waals surface area (Å²) in [6.45, 7) is 5.10. The van der Waals surface area contributed by atoms with Crippen molar-refractivity contribution < 1.29 is 0 Å². The number of hydrogen-bond donors (Lipinski definition) is 3. The van der Waals surface area contributed by atoms with Gasteiger partial charge < -0.3 is 16.4 Å². The van der Waals surface area contributed by atoms with Crippen molar-refractivity contribution in [3.05, 3.63) is 76.0 Å². The zero-order valence-corrected chi connectivity index (χ0v) is 20.3. The highest BCUT2D eigenvalue weighted by Gasteiger charge is 2.26. The minimum absolute atomic E-state index is 0.182. The minimum Gasteiger partial charge on any atom is -0.401 e. The summed E-state index contributed by atoms with van der Waals surface area (Å²) in [7, 11) is 0. The standard InChI is InChI=1S/C28H35ClN4/c1-19(30)28-25-10-9-21(20-12-15-33(16-13-20)24-7-2-3-8-24)17-26(25)27(11-14-31-28)32-23-6-4-5-22(29)18-23/h4-6,9-10,12,17-18,24,27,31-32H,2-3,7-8,11,13-16,30H2,1H3/b28-19-. The quantitative estimate of drug-likeness (QED) is 0.508. The summed E-state index contributed by atoms with van der Waals surface area (Å²) < 4.78 is 0. The Morgan fingerprint density at radius 2 is 1.97 bits per heavy atom. The maximum absolute atomic E-state index is 6.29. The van der Waals surface area contributed by atoms with Crippen LogP contribution in [0.4, 0.5) is 5.69 Å². The summed E-state index contributed by atoms with van der Waals surface area (Å²) in [5.74, 6) is 0. The third kappa shape index (κ3) is 4.92. The first-order valence-corrected chi connectivity index (χ1v) is 12.8. The van der Waals surface area contributed by atoms with Gasteiger partial charge in [0.05, 0.1) is 11.7 Å². The van der Waals surface area contributed by atoms with Gasteiger partial charge in [0.15, 0.2) is 0 Å². The van der Waals surface area contributed by atoms with Crippen LogP contribution in [0.5, 0.6) is 0 Å². The molecule has 0 bridgehead atoms. The van der Waals surface area contributed by atoms with E-state index in [2.05, 4.69) is 45.9 Å². The number of halogens is 1. The first-order valence-electron chi connectivity index (χ1n) is 12.4. The fourth-order valence-corrected chi connectivity index (χ4v) is 5.89. The Labute approximate surface area is 202 Å². The van der Waals surface area contributed by atoms with E-state index in [0.717, 1.165) is 54.1 Å². The van der Waals surface area contributed by atoms with Gasteiger partial charge in [0.2, 0.25) is 0 Å². The van der Waals surface area contributed by atoms with Gasteiger partial charge in [-0.05, 0) is 73.6 Å². The van der Waals surface area contributed by atoms with Gasteiger partial charge in [-0.15, -0.1) is 0 Å². The zero-order valence-electron chi connectivity index (χ0n) is 19.5. The van der Waals surface area contributed by atoms with Crippen LogP contribution in [0.25, 0.3) is 11.3 Å². The van der Waals surface area contributed by atoms with Crippen LogP contribution in [-0.2, 0) is 0 Å². The Balaban J connectivity index is 1.46. The number of rotatable bonds is 4. The van der Waals surface area contributed by atoms with Gasteiger partial charge in [-0.2, -0.15) is 0 Å². The number of allylic oxidation sites excluding steroid dienone is 1. The number of anilines is 1. The maximum atomic E-state index is 6.29. The van der Waals surface area contributed by atoms with Crippen molar-refractivity contribution in [2.45, 2.75) is 57.5 Å². The largest absolute Gasteiger partial charge is 0.401 e. The molecular weight excluding hydrogens is 428 g/mol. The molecule has 0 saturated heterocycles. The molecule has 4 nitrogen and oxygen atoms in total. The fourth-order valence-electron chi connectivity index (χ4n) is 5.70. The van der Waals surface area contributed by atoms with Crippen LogP contribution in [0.3, 0.4) is 0 Å². The number of nitrogens with two attached hydrogens (primary N) is 1. The normalized spacial score (nSPS) is 23.3. The second-order valence-corrected chi connectivity index (χ2v) is 10.1. The lowest BCUT2D eigenvalue weighted by molar-refractivity contribution is 0.219. The van der Waals surface area contributed by atoms with Crippen LogP contribution in [-0.4, -0.2) is 30.6 Å². The SMILES string of the molecule is C/C(N)=C1/NCCC(Nc2cccc(Cl)c2)c2cc(C3=CCN(C4CCCC4)CC3)ccc21. The van der Waals surface area contributed by atoms with Crippen molar-refractivity contribution in [1.82, 2.24) is 10.2 Å². The van der Waals surface area contributed by atoms with Gasteiger partial charge in [0, 0.05) is 47.6 Å². The number of hydrogen-bond acceptors (Lipinski definition) is 4. The molecule has 1 unspecified atom stereocenters. The Bertz CT molecular complexity index is 1060. The van der Waals surface area contributed by atoms with Crippen molar-refractivity contribution >= 4 is 28.6 Å². The lowest BCUT2D eigenvalue weighted by atomic mass is 9.90. The maximum Gasteiger partial charge on any atom is 0.0605 e. The number of nitrogens with zero attached hydrogens (tertiary/aromatic N) is 1. The average Bonchev–Trinajstić information content (AvgIpc) is 3.30. The Kier molecular flexibility index (Phi) is 6.66. The number of nitrogens with one attached hydrogen (secondary N) is 2. The lowest BCUT2D eigenvalue weighted by Gasteiger charge is -2.32. The molecule has 0 amide bonds. The highest BCUT2D eigenvalue weighted by Crippen LogP contribution is 2.36. The summed E-state index contributed by atoms with van der Waals surface area (Å²) in [4.78, 5) is 2.69. The highest BCUT2D eigenvalue weighted by atomic mass is 35.5. The lowest BCUT2D eigenvalue weighted by Crippen LogP contribution is -2.36. The summed E-state index contributed by atoms with van der Waals surface area (Å²) in [5.41, 5.74) is 14.5. The van der Waals surface area contributed by atoms with Gasteiger partial charge in [-0.3, -0.25) is 4.90 Å². The highest BCUT2D eigenvalue weighted by molar-refractivity contribution is 6.30. The van der Waals surface area contributed by atoms with Crippen molar-refractivity contribution in [1.29, 1.82) is 0 Å². The minimum atomic E-state index is 0.182. The zero-order chi connectivity index (χ0) is 22.8. The molecule has 174 valence electrons. The first-order chi connectivity index (χ1) is 16.1. The predicted molar refractivity (Wildman–Crippen MR) is 140 cm³/mol. The molecule has 4 N–H and O–H groups in total. The monoisotopic (exact) mass is 462 g/mol. The van der Waals surface area contributed by atoms with Crippen LogP contribution in [0.2, 0.25) is 5.02 Å². The first kappa shape index (κ1) is 22.4. The topological polar surface area (TPSA) is 53.3 Å². The molecular formula is C28H35ClN4. The number of fused-ring (bicyclic) bond motifs is 1. The molecule has 5 rings (SSSR count). The van der Waals surface area contributed by atoms with Crippen molar-refractivity contribution in [2.75, 3.05) is 25.0 Å². The van der Waals surface area contributed by atoms with E-state index in [9.17, 15) is 0 Å². The van der Waals surface area contributed by atoms with E-state index >= 15 is 0 Å². The molecule has 33 heavy (non-hydrogen) atoms. The molecule has 2 aromatic carbocycles. The van der Waals surface area contributed by atoms with Crippen LogP contribution in [0, 0.1) is 0 Å². The molecule has 2 aromatic rings. The van der Waals surface area contributed by atoms with Crippen LogP contribution >= 0.6 is 11.6 Å². The van der Waals surface area contributed by atoms with Gasteiger partial charge in [-0.1, -0.05) is 48.7 Å². The van der Waals surface area contributed by atoms with Crippen LogP contribution in [0.15, 0.2) is 54.2 Å². The fraction of sp³-hybridized carbons (Fsp3) is 0.429. The van der Waals surface area contributed by atoms with E-state index in [1.807, 2.05) is 25.1 Å². The number of benzene rings is 2. The van der Waals surface area contributed by atoms with Gasteiger partial charge in [0.25, 0.3) is 0 Å². The van der Waals surface area contributed by atoms with Crippen LogP contribution in [0.1, 0.15) is 68.2 Å². The summed E-state index contributed by atoms with van der Waals surface area (Å²) >= 11 is 6.26. The Hall–Kier alpha value is -2.43. The molecule has 2 heterocycles. The molecule has 0 radical (unpaired) electrons. The summed E-state index contributed by atoms with van der Waals surface area (Å²) in [5, 5.41) is 8.05. The Morgan fingerprint density at radius 1 is 1.12 bits per heavy atom.